The van der Waals surface area contributed by atoms with Crippen LogP contribution in [0.25, 0.3) is 0 Å². The molecule has 9 heteroatoms. The van der Waals surface area contributed by atoms with Gasteiger partial charge in [-0.15, -0.1) is 35.3 Å². The summed E-state index contributed by atoms with van der Waals surface area (Å²) in [6.45, 7) is 4.80. The van der Waals surface area contributed by atoms with Gasteiger partial charge in [-0.05, 0) is 26.8 Å². The second-order valence-electron chi connectivity index (χ2n) is 5.60. The molecule has 0 atom stereocenters. The predicted molar refractivity (Wildman–Crippen MR) is 117 cm³/mol. The highest BCUT2D eigenvalue weighted by atomic mass is 127. The van der Waals surface area contributed by atoms with Crippen LogP contribution in [0, 0.1) is 13.8 Å². The molecule has 0 aliphatic heterocycles. The van der Waals surface area contributed by atoms with Crippen molar-refractivity contribution in [2.24, 2.45) is 4.99 Å². The molecular formula is C18H25F2IN4OS. The maximum absolute atomic E-state index is 12.5. The van der Waals surface area contributed by atoms with E-state index in [1.807, 2.05) is 20.8 Å². The molecule has 150 valence electrons. The standard InChI is InChI=1S/C18H24F2N4OS.HI/c1-4-21-18(22-10-9-16-12(2)24-13(3)26-16)23-11-14-7-5-6-8-15(14)25-17(19)20;/h5-8,17H,4,9-11H2,1-3H3,(H2,21,22,23);1H. The number of para-hydroxylation sites is 1. The number of thiazole rings is 1. The Hall–Kier alpha value is -1.49. The van der Waals surface area contributed by atoms with Gasteiger partial charge < -0.3 is 15.4 Å². The fourth-order valence-electron chi connectivity index (χ4n) is 2.45. The summed E-state index contributed by atoms with van der Waals surface area (Å²) in [4.78, 5) is 10.1. The van der Waals surface area contributed by atoms with Crippen molar-refractivity contribution in [1.29, 1.82) is 0 Å². The van der Waals surface area contributed by atoms with Crippen LogP contribution in [-0.2, 0) is 13.0 Å². The number of halogens is 3. The minimum Gasteiger partial charge on any atom is -0.434 e. The average molecular weight is 510 g/mol. The molecule has 2 aromatic rings. The molecule has 2 rings (SSSR count). The minimum absolute atomic E-state index is 0. The maximum atomic E-state index is 12.5. The molecule has 0 aliphatic rings. The van der Waals surface area contributed by atoms with Crippen LogP contribution >= 0.6 is 35.3 Å². The van der Waals surface area contributed by atoms with E-state index in [9.17, 15) is 8.78 Å². The lowest BCUT2D eigenvalue weighted by atomic mass is 10.2. The molecule has 5 nitrogen and oxygen atoms in total. The maximum Gasteiger partial charge on any atom is 0.387 e. The van der Waals surface area contributed by atoms with Gasteiger partial charge in [0.2, 0.25) is 0 Å². The molecule has 2 N–H and O–H groups in total. The van der Waals surface area contributed by atoms with Crippen LogP contribution < -0.4 is 15.4 Å². The first kappa shape index (κ1) is 23.5. The smallest absolute Gasteiger partial charge is 0.387 e. The van der Waals surface area contributed by atoms with Crippen LogP contribution in [0.2, 0.25) is 0 Å². The fourth-order valence-corrected chi connectivity index (χ4v) is 3.39. The highest BCUT2D eigenvalue weighted by molar-refractivity contribution is 14.0. The van der Waals surface area contributed by atoms with Crippen molar-refractivity contribution < 1.29 is 13.5 Å². The minimum atomic E-state index is -2.85. The number of nitrogens with one attached hydrogen (secondary N) is 2. The molecule has 0 fully saturated rings. The van der Waals surface area contributed by atoms with E-state index in [1.165, 1.54) is 10.9 Å². The Morgan fingerprint density at radius 1 is 1.26 bits per heavy atom. The van der Waals surface area contributed by atoms with Crippen LogP contribution in [0.15, 0.2) is 29.3 Å². The second-order valence-corrected chi connectivity index (χ2v) is 6.89. The molecule has 1 aromatic carbocycles. The van der Waals surface area contributed by atoms with Gasteiger partial charge in [-0.2, -0.15) is 8.78 Å². The molecule has 0 aliphatic carbocycles. The summed E-state index contributed by atoms with van der Waals surface area (Å²) in [6, 6.07) is 6.69. The second kappa shape index (κ2) is 12.1. The number of aromatic nitrogens is 1. The Morgan fingerprint density at radius 2 is 2.00 bits per heavy atom. The Morgan fingerprint density at radius 3 is 2.63 bits per heavy atom. The van der Waals surface area contributed by atoms with Crippen molar-refractivity contribution in [1.82, 2.24) is 15.6 Å². The number of rotatable bonds is 8. The molecule has 1 heterocycles. The third kappa shape index (κ3) is 7.96. The number of hydrogen-bond acceptors (Lipinski definition) is 4. The molecule has 27 heavy (non-hydrogen) atoms. The van der Waals surface area contributed by atoms with Crippen molar-refractivity contribution in [2.75, 3.05) is 13.1 Å². The van der Waals surface area contributed by atoms with Crippen LogP contribution in [0.5, 0.6) is 5.75 Å². The quantitative estimate of drug-likeness (QED) is 0.317. The summed E-state index contributed by atoms with van der Waals surface area (Å²) in [5, 5.41) is 7.49. The first-order valence-electron chi connectivity index (χ1n) is 8.47. The molecule has 0 radical (unpaired) electrons. The van der Waals surface area contributed by atoms with Gasteiger partial charge in [-0.1, -0.05) is 18.2 Å². The van der Waals surface area contributed by atoms with Crippen LogP contribution in [0.4, 0.5) is 8.78 Å². The lowest BCUT2D eigenvalue weighted by Gasteiger charge is -2.12. The van der Waals surface area contributed by atoms with Gasteiger partial charge in [-0.25, -0.2) is 9.98 Å². The van der Waals surface area contributed by atoms with E-state index in [4.69, 9.17) is 0 Å². The van der Waals surface area contributed by atoms with E-state index in [0.29, 0.717) is 24.6 Å². The number of hydrogen-bond donors (Lipinski definition) is 2. The SMILES string of the molecule is CCNC(=NCc1ccccc1OC(F)F)NCCc1sc(C)nc1C.I. The van der Waals surface area contributed by atoms with Crippen molar-refractivity contribution in [3.8, 4) is 5.75 Å². The fraction of sp³-hybridized carbons (Fsp3) is 0.444. The number of aryl methyl sites for hydroxylation is 2. The van der Waals surface area contributed by atoms with Gasteiger partial charge in [-0.3, -0.25) is 0 Å². The van der Waals surface area contributed by atoms with Gasteiger partial charge in [0, 0.05) is 30.0 Å². The number of ether oxygens (including phenoxy) is 1. The summed E-state index contributed by atoms with van der Waals surface area (Å²) in [5.41, 5.74) is 1.67. The van der Waals surface area contributed by atoms with Gasteiger partial charge in [0.1, 0.15) is 5.75 Å². The first-order valence-corrected chi connectivity index (χ1v) is 9.29. The molecule has 0 amide bonds. The zero-order chi connectivity index (χ0) is 18.9. The Bertz CT molecular complexity index is 740. The molecule has 0 saturated carbocycles. The highest BCUT2D eigenvalue weighted by Gasteiger charge is 2.09. The molecule has 0 saturated heterocycles. The van der Waals surface area contributed by atoms with E-state index in [2.05, 4.69) is 25.3 Å². The van der Waals surface area contributed by atoms with Gasteiger partial charge >= 0.3 is 6.61 Å². The average Bonchev–Trinajstić information content (AvgIpc) is 2.91. The third-order valence-corrected chi connectivity index (χ3v) is 4.72. The normalized spacial score (nSPS) is 11.3. The Balaban J connectivity index is 0.00000364. The van der Waals surface area contributed by atoms with Crippen LogP contribution in [-0.4, -0.2) is 30.6 Å². The van der Waals surface area contributed by atoms with Crippen molar-refractivity contribution in [2.45, 2.75) is 40.3 Å². The van der Waals surface area contributed by atoms with Crippen LogP contribution in [0.1, 0.15) is 28.1 Å². The summed E-state index contributed by atoms with van der Waals surface area (Å²) in [6.07, 6.45) is 0.854. The van der Waals surface area contributed by atoms with E-state index < -0.39 is 6.61 Å². The van der Waals surface area contributed by atoms with Gasteiger partial charge in [0.25, 0.3) is 0 Å². The topological polar surface area (TPSA) is 58.5 Å². The largest absolute Gasteiger partial charge is 0.434 e. The number of alkyl halides is 2. The number of guanidine groups is 1. The van der Waals surface area contributed by atoms with E-state index >= 15 is 0 Å². The molecule has 0 unspecified atom stereocenters. The number of nitrogens with zero attached hydrogens (tertiary/aromatic N) is 2. The molecule has 0 spiro atoms. The zero-order valence-electron chi connectivity index (χ0n) is 15.6. The monoisotopic (exact) mass is 510 g/mol. The van der Waals surface area contributed by atoms with E-state index in [1.54, 1.807) is 29.5 Å². The summed E-state index contributed by atoms with van der Waals surface area (Å²) in [5.74, 6) is 0.788. The summed E-state index contributed by atoms with van der Waals surface area (Å²) >= 11 is 1.70. The zero-order valence-corrected chi connectivity index (χ0v) is 18.7. The van der Waals surface area contributed by atoms with Crippen molar-refractivity contribution >= 4 is 41.3 Å². The molecule has 0 bridgehead atoms. The third-order valence-electron chi connectivity index (χ3n) is 3.58. The van der Waals surface area contributed by atoms with E-state index in [-0.39, 0.29) is 36.3 Å². The molecular weight excluding hydrogens is 485 g/mol. The Kier molecular flexibility index (Phi) is 10.5. The number of benzene rings is 1. The number of aliphatic imine (C=N–C) groups is 1. The summed E-state index contributed by atoms with van der Waals surface area (Å²) in [7, 11) is 0. The van der Waals surface area contributed by atoms with E-state index in [0.717, 1.165) is 17.1 Å². The lowest BCUT2D eigenvalue weighted by molar-refractivity contribution is -0.0504. The van der Waals surface area contributed by atoms with Gasteiger partial charge in [0.15, 0.2) is 5.96 Å². The first-order chi connectivity index (χ1) is 12.5. The molecule has 1 aromatic heterocycles. The highest BCUT2D eigenvalue weighted by Crippen LogP contribution is 2.21. The van der Waals surface area contributed by atoms with Crippen molar-refractivity contribution in [3.05, 3.63) is 45.4 Å². The van der Waals surface area contributed by atoms with Gasteiger partial charge in [0.05, 0.1) is 17.2 Å². The van der Waals surface area contributed by atoms with Crippen LogP contribution in [0.3, 0.4) is 0 Å². The lowest BCUT2D eigenvalue weighted by Crippen LogP contribution is -2.38. The Labute approximate surface area is 179 Å². The van der Waals surface area contributed by atoms with Crippen molar-refractivity contribution in [3.63, 3.8) is 0 Å². The summed E-state index contributed by atoms with van der Waals surface area (Å²) < 4.78 is 29.5. The predicted octanol–water partition coefficient (Wildman–Crippen LogP) is 4.28.